The van der Waals surface area contributed by atoms with E-state index in [1.165, 1.54) is 12.8 Å². The molecular formula is C20H24N2O3. The minimum absolute atomic E-state index is 0.190. The lowest BCUT2D eigenvalue weighted by molar-refractivity contribution is 0.127. The number of amides is 2. The van der Waals surface area contributed by atoms with Crippen molar-refractivity contribution in [3.63, 3.8) is 0 Å². The van der Waals surface area contributed by atoms with E-state index in [0.29, 0.717) is 19.7 Å². The number of para-hydroxylation sites is 1. The Morgan fingerprint density at radius 2 is 1.80 bits per heavy atom. The zero-order chi connectivity index (χ0) is 17.3. The summed E-state index contributed by atoms with van der Waals surface area (Å²) in [6.45, 7) is 2.35. The highest BCUT2D eigenvalue weighted by Gasteiger charge is 2.20. The molecule has 0 atom stereocenters. The van der Waals surface area contributed by atoms with Crippen molar-refractivity contribution in [3.05, 3.63) is 60.2 Å². The molecule has 2 amide bonds. The summed E-state index contributed by atoms with van der Waals surface area (Å²) in [6.07, 6.45) is 2.56. The van der Waals surface area contributed by atoms with E-state index in [-0.39, 0.29) is 6.03 Å². The molecule has 25 heavy (non-hydrogen) atoms. The predicted molar refractivity (Wildman–Crippen MR) is 96.7 cm³/mol. The van der Waals surface area contributed by atoms with E-state index in [0.717, 1.165) is 29.6 Å². The molecule has 2 aromatic rings. The molecule has 0 saturated heterocycles. The summed E-state index contributed by atoms with van der Waals surface area (Å²) in [4.78, 5) is 11.8. The summed E-state index contributed by atoms with van der Waals surface area (Å²) in [5.41, 5.74) is 0.980. The Kier molecular flexibility index (Phi) is 6.29. The second-order valence-electron chi connectivity index (χ2n) is 6.19. The van der Waals surface area contributed by atoms with Gasteiger partial charge < -0.3 is 20.1 Å². The molecular weight excluding hydrogens is 316 g/mol. The quantitative estimate of drug-likeness (QED) is 0.684. The highest BCUT2D eigenvalue weighted by molar-refractivity contribution is 5.73. The minimum Gasteiger partial charge on any atom is -0.457 e. The topological polar surface area (TPSA) is 59.6 Å². The fraction of sp³-hybridized carbons (Fsp3) is 0.350. The normalized spacial score (nSPS) is 13.3. The molecule has 5 heteroatoms. The lowest BCUT2D eigenvalue weighted by Gasteiger charge is -2.10. The van der Waals surface area contributed by atoms with Gasteiger partial charge in [0.25, 0.3) is 0 Å². The number of hydrogen-bond acceptors (Lipinski definition) is 3. The van der Waals surface area contributed by atoms with Gasteiger partial charge in [-0.15, -0.1) is 0 Å². The van der Waals surface area contributed by atoms with E-state index in [9.17, 15) is 4.79 Å². The summed E-state index contributed by atoms with van der Waals surface area (Å²) >= 11 is 0. The fourth-order valence-corrected chi connectivity index (χ4v) is 2.36. The molecule has 0 bridgehead atoms. The Hall–Kier alpha value is -2.53. The second-order valence-corrected chi connectivity index (χ2v) is 6.19. The van der Waals surface area contributed by atoms with Crippen LogP contribution in [0.1, 0.15) is 18.4 Å². The van der Waals surface area contributed by atoms with Crippen molar-refractivity contribution in [2.75, 3.05) is 19.8 Å². The molecule has 5 nitrogen and oxygen atoms in total. The predicted octanol–water partition coefficient (Wildman–Crippen LogP) is 3.70. The Morgan fingerprint density at radius 3 is 2.60 bits per heavy atom. The molecule has 0 aromatic heterocycles. The smallest absolute Gasteiger partial charge is 0.315 e. The van der Waals surface area contributed by atoms with Gasteiger partial charge in [-0.3, -0.25) is 0 Å². The zero-order valence-electron chi connectivity index (χ0n) is 14.2. The number of nitrogens with one attached hydrogen (secondary N) is 2. The molecule has 0 spiro atoms. The van der Waals surface area contributed by atoms with Crippen LogP contribution >= 0.6 is 0 Å². The fourth-order valence-electron chi connectivity index (χ4n) is 2.36. The van der Waals surface area contributed by atoms with E-state index in [4.69, 9.17) is 9.47 Å². The third-order valence-corrected chi connectivity index (χ3v) is 3.91. The SMILES string of the molecule is O=C(NCCOCC1CC1)NCc1cccc(Oc2ccccc2)c1. The first kappa shape index (κ1) is 17.3. The van der Waals surface area contributed by atoms with Crippen molar-refractivity contribution in [2.45, 2.75) is 19.4 Å². The number of urea groups is 1. The van der Waals surface area contributed by atoms with Gasteiger partial charge in [0.05, 0.1) is 6.61 Å². The van der Waals surface area contributed by atoms with Gasteiger partial charge in [-0.2, -0.15) is 0 Å². The summed E-state index contributed by atoms with van der Waals surface area (Å²) in [7, 11) is 0. The Morgan fingerprint density at radius 1 is 1.00 bits per heavy atom. The molecule has 1 fully saturated rings. The molecule has 132 valence electrons. The molecule has 2 aromatic carbocycles. The standard InChI is InChI=1S/C20H24N2O3/c23-20(21-11-12-24-15-16-9-10-16)22-14-17-5-4-8-19(13-17)25-18-6-2-1-3-7-18/h1-8,13,16H,9-12,14-15H2,(H2,21,22,23). The first-order valence-electron chi connectivity index (χ1n) is 8.71. The number of ether oxygens (including phenoxy) is 2. The highest BCUT2D eigenvalue weighted by Crippen LogP contribution is 2.28. The molecule has 1 saturated carbocycles. The van der Waals surface area contributed by atoms with Crippen LogP contribution in [0.15, 0.2) is 54.6 Å². The van der Waals surface area contributed by atoms with Crippen LogP contribution < -0.4 is 15.4 Å². The Labute approximate surface area is 148 Å². The zero-order valence-corrected chi connectivity index (χ0v) is 14.2. The van der Waals surface area contributed by atoms with Crippen LogP contribution in [-0.2, 0) is 11.3 Å². The average molecular weight is 340 g/mol. The van der Waals surface area contributed by atoms with E-state index >= 15 is 0 Å². The van der Waals surface area contributed by atoms with Crippen molar-refractivity contribution in [3.8, 4) is 11.5 Å². The third kappa shape index (κ3) is 6.47. The minimum atomic E-state index is -0.190. The van der Waals surface area contributed by atoms with Crippen molar-refractivity contribution >= 4 is 6.03 Å². The molecule has 0 radical (unpaired) electrons. The molecule has 3 rings (SSSR count). The first-order chi connectivity index (χ1) is 12.3. The van der Waals surface area contributed by atoms with Crippen LogP contribution in [0.4, 0.5) is 4.79 Å². The van der Waals surface area contributed by atoms with Crippen LogP contribution in [0.3, 0.4) is 0 Å². The maximum Gasteiger partial charge on any atom is 0.315 e. The largest absolute Gasteiger partial charge is 0.457 e. The molecule has 1 aliphatic carbocycles. The summed E-state index contributed by atoms with van der Waals surface area (Å²) in [5, 5.41) is 5.64. The second kappa shape index (κ2) is 9.08. The summed E-state index contributed by atoms with van der Waals surface area (Å²) in [5.74, 6) is 2.29. The van der Waals surface area contributed by atoms with Gasteiger partial charge in [0.15, 0.2) is 0 Å². The summed E-state index contributed by atoms with van der Waals surface area (Å²) in [6, 6.07) is 17.1. The van der Waals surface area contributed by atoms with E-state index in [2.05, 4.69) is 10.6 Å². The number of carbonyl (C=O) groups is 1. The maximum absolute atomic E-state index is 11.8. The van der Waals surface area contributed by atoms with Crippen molar-refractivity contribution in [1.29, 1.82) is 0 Å². The molecule has 0 heterocycles. The van der Waals surface area contributed by atoms with Crippen molar-refractivity contribution < 1.29 is 14.3 Å². The van der Waals surface area contributed by atoms with Crippen LogP contribution in [-0.4, -0.2) is 25.8 Å². The molecule has 1 aliphatic rings. The average Bonchev–Trinajstić information content (AvgIpc) is 3.45. The monoisotopic (exact) mass is 340 g/mol. The Bertz CT molecular complexity index is 672. The van der Waals surface area contributed by atoms with Crippen molar-refractivity contribution in [1.82, 2.24) is 10.6 Å². The number of hydrogen-bond donors (Lipinski definition) is 2. The Balaban J connectivity index is 1.37. The van der Waals surface area contributed by atoms with E-state index in [1.54, 1.807) is 0 Å². The van der Waals surface area contributed by atoms with Crippen LogP contribution in [0, 0.1) is 5.92 Å². The first-order valence-corrected chi connectivity index (χ1v) is 8.71. The van der Waals surface area contributed by atoms with Gasteiger partial charge in [0.2, 0.25) is 0 Å². The summed E-state index contributed by atoms with van der Waals surface area (Å²) < 4.78 is 11.3. The third-order valence-electron chi connectivity index (χ3n) is 3.91. The number of carbonyl (C=O) groups excluding carboxylic acids is 1. The van der Waals surface area contributed by atoms with E-state index in [1.807, 2.05) is 54.6 Å². The van der Waals surface area contributed by atoms with Gasteiger partial charge in [-0.1, -0.05) is 30.3 Å². The lowest BCUT2D eigenvalue weighted by atomic mass is 10.2. The molecule has 2 N–H and O–H groups in total. The highest BCUT2D eigenvalue weighted by atomic mass is 16.5. The van der Waals surface area contributed by atoms with Crippen LogP contribution in [0.25, 0.3) is 0 Å². The van der Waals surface area contributed by atoms with Gasteiger partial charge in [-0.25, -0.2) is 4.79 Å². The molecule has 0 aliphatic heterocycles. The van der Waals surface area contributed by atoms with Gasteiger partial charge in [0.1, 0.15) is 11.5 Å². The number of benzene rings is 2. The van der Waals surface area contributed by atoms with Gasteiger partial charge in [0, 0.05) is 19.7 Å². The molecule has 0 unspecified atom stereocenters. The maximum atomic E-state index is 11.8. The van der Waals surface area contributed by atoms with E-state index < -0.39 is 0 Å². The number of rotatable bonds is 9. The lowest BCUT2D eigenvalue weighted by Crippen LogP contribution is -2.37. The van der Waals surface area contributed by atoms with Crippen LogP contribution in [0.2, 0.25) is 0 Å². The van der Waals surface area contributed by atoms with Crippen molar-refractivity contribution in [2.24, 2.45) is 5.92 Å². The van der Waals surface area contributed by atoms with Gasteiger partial charge >= 0.3 is 6.03 Å². The van der Waals surface area contributed by atoms with Gasteiger partial charge in [-0.05, 0) is 48.6 Å². The van der Waals surface area contributed by atoms with Crippen LogP contribution in [0.5, 0.6) is 11.5 Å².